The predicted octanol–water partition coefficient (Wildman–Crippen LogP) is 11.2. The number of benzene rings is 6. The minimum atomic E-state index is 0.702. The standard InChI is InChI=1S/C41H25N3S/c1-3-13-27(14-4-1)34-25-35(28-15-5-2-6-16-28)44-41(43-34)30-18-11-17-29(24-30)37-38-31-19-8-7-12-26(31)22-23-33(38)42-39-32-20-9-10-21-36(32)45-40(37)39/h1-25H. The topological polar surface area (TPSA) is 38.7 Å². The van der Waals surface area contributed by atoms with Gasteiger partial charge in [-0.3, -0.25) is 0 Å². The number of hydrogen-bond acceptors (Lipinski definition) is 4. The molecule has 210 valence electrons. The van der Waals surface area contributed by atoms with Gasteiger partial charge in [-0.1, -0.05) is 127 Å². The second-order valence-electron chi connectivity index (χ2n) is 11.2. The molecule has 0 aliphatic heterocycles. The lowest BCUT2D eigenvalue weighted by Crippen LogP contribution is -1.96. The fourth-order valence-electron chi connectivity index (χ4n) is 6.34. The molecule has 0 saturated heterocycles. The Morgan fingerprint density at radius 1 is 0.444 bits per heavy atom. The van der Waals surface area contributed by atoms with Crippen molar-refractivity contribution >= 4 is 53.3 Å². The number of thiophene rings is 1. The number of aromatic nitrogens is 3. The van der Waals surface area contributed by atoms with Gasteiger partial charge in [0.1, 0.15) is 0 Å². The van der Waals surface area contributed by atoms with E-state index in [4.69, 9.17) is 15.0 Å². The van der Waals surface area contributed by atoms with Gasteiger partial charge in [0.2, 0.25) is 0 Å². The van der Waals surface area contributed by atoms with E-state index >= 15 is 0 Å². The monoisotopic (exact) mass is 591 g/mol. The van der Waals surface area contributed by atoms with E-state index in [2.05, 4.69) is 140 Å². The summed E-state index contributed by atoms with van der Waals surface area (Å²) in [5.41, 5.74) is 9.28. The second kappa shape index (κ2) is 10.5. The van der Waals surface area contributed by atoms with E-state index in [0.29, 0.717) is 5.82 Å². The molecular weight excluding hydrogens is 567 g/mol. The summed E-state index contributed by atoms with van der Waals surface area (Å²) in [5.74, 6) is 0.702. The van der Waals surface area contributed by atoms with Crippen LogP contribution in [0.15, 0.2) is 152 Å². The Hall–Kier alpha value is -5.71. The van der Waals surface area contributed by atoms with E-state index in [0.717, 1.165) is 44.7 Å². The highest BCUT2D eigenvalue weighted by Crippen LogP contribution is 2.45. The van der Waals surface area contributed by atoms with Crippen LogP contribution in [-0.4, -0.2) is 15.0 Å². The van der Waals surface area contributed by atoms with E-state index in [1.54, 1.807) is 0 Å². The maximum atomic E-state index is 5.26. The maximum absolute atomic E-state index is 5.26. The molecule has 0 aliphatic rings. The highest BCUT2D eigenvalue weighted by Gasteiger charge is 2.19. The molecule has 0 unspecified atom stereocenters. The van der Waals surface area contributed by atoms with Crippen molar-refractivity contribution in [3.8, 4) is 45.0 Å². The van der Waals surface area contributed by atoms with Crippen molar-refractivity contribution in [2.24, 2.45) is 0 Å². The average molecular weight is 592 g/mol. The molecule has 0 amide bonds. The summed E-state index contributed by atoms with van der Waals surface area (Å²) in [6, 6.07) is 53.0. The molecule has 0 radical (unpaired) electrons. The first-order valence-corrected chi connectivity index (χ1v) is 15.9. The normalized spacial score (nSPS) is 11.6. The van der Waals surface area contributed by atoms with Crippen LogP contribution in [0, 0.1) is 0 Å². The van der Waals surface area contributed by atoms with Crippen LogP contribution in [-0.2, 0) is 0 Å². The van der Waals surface area contributed by atoms with Gasteiger partial charge in [-0.05, 0) is 40.6 Å². The molecule has 0 spiro atoms. The minimum absolute atomic E-state index is 0.702. The van der Waals surface area contributed by atoms with Crippen molar-refractivity contribution in [3.63, 3.8) is 0 Å². The molecule has 3 nitrogen and oxygen atoms in total. The zero-order valence-electron chi connectivity index (χ0n) is 24.2. The van der Waals surface area contributed by atoms with Gasteiger partial charge in [0.15, 0.2) is 5.82 Å². The van der Waals surface area contributed by atoms with Crippen LogP contribution in [0.1, 0.15) is 0 Å². The summed E-state index contributed by atoms with van der Waals surface area (Å²) in [7, 11) is 0. The molecule has 45 heavy (non-hydrogen) atoms. The van der Waals surface area contributed by atoms with Crippen molar-refractivity contribution in [2.75, 3.05) is 0 Å². The fourth-order valence-corrected chi connectivity index (χ4v) is 7.56. The van der Waals surface area contributed by atoms with Crippen LogP contribution < -0.4 is 0 Å². The largest absolute Gasteiger partial charge is 0.246 e. The molecule has 0 N–H and O–H groups in total. The summed E-state index contributed by atoms with van der Waals surface area (Å²) in [4.78, 5) is 15.5. The van der Waals surface area contributed by atoms with Crippen LogP contribution in [0.25, 0.3) is 87.0 Å². The molecule has 0 atom stereocenters. The minimum Gasteiger partial charge on any atom is -0.246 e. The highest BCUT2D eigenvalue weighted by molar-refractivity contribution is 7.26. The van der Waals surface area contributed by atoms with E-state index < -0.39 is 0 Å². The third-order valence-corrected chi connectivity index (χ3v) is 9.64. The summed E-state index contributed by atoms with van der Waals surface area (Å²) < 4.78 is 2.43. The SMILES string of the molecule is c1ccc(-c2cc(-c3ccccc3)nc(-c3cccc(-c4c5sc6ccccc6c5nc5ccc6ccccc6c45)c3)n2)cc1. The molecule has 9 aromatic rings. The Balaban J connectivity index is 1.33. The zero-order chi connectivity index (χ0) is 29.7. The van der Waals surface area contributed by atoms with Crippen molar-refractivity contribution < 1.29 is 0 Å². The van der Waals surface area contributed by atoms with Crippen LogP contribution in [0.5, 0.6) is 0 Å². The Morgan fingerprint density at radius 3 is 1.82 bits per heavy atom. The number of pyridine rings is 1. The van der Waals surface area contributed by atoms with E-state index in [9.17, 15) is 0 Å². The Labute approximate surface area is 264 Å². The second-order valence-corrected chi connectivity index (χ2v) is 12.3. The molecule has 6 aromatic carbocycles. The molecular formula is C41H25N3S. The first-order chi connectivity index (χ1) is 22.3. The van der Waals surface area contributed by atoms with Gasteiger partial charge in [-0.15, -0.1) is 11.3 Å². The highest BCUT2D eigenvalue weighted by atomic mass is 32.1. The van der Waals surface area contributed by atoms with Crippen molar-refractivity contribution in [3.05, 3.63) is 152 Å². The van der Waals surface area contributed by atoms with E-state index in [-0.39, 0.29) is 0 Å². The van der Waals surface area contributed by atoms with Crippen molar-refractivity contribution in [1.29, 1.82) is 0 Å². The average Bonchev–Trinajstić information content (AvgIpc) is 3.49. The summed E-state index contributed by atoms with van der Waals surface area (Å²) in [6.45, 7) is 0. The van der Waals surface area contributed by atoms with Gasteiger partial charge >= 0.3 is 0 Å². The lowest BCUT2D eigenvalue weighted by atomic mass is 9.94. The fraction of sp³-hybridized carbons (Fsp3) is 0. The summed E-state index contributed by atoms with van der Waals surface area (Å²) >= 11 is 1.81. The first kappa shape index (κ1) is 25.8. The molecule has 4 heteroatoms. The third-order valence-electron chi connectivity index (χ3n) is 8.46. The molecule has 3 aromatic heterocycles. The smallest absolute Gasteiger partial charge is 0.160 e. The van der Waals surface area contributed by atoms with Crippen LogP contribution in [0.3, 0.4) is 0 Å². The van der Waals surface area contributed by atoms with Gasteiger partial charge in [0.05, 0.1) is 27.1 Å². The Bertz CT molecular complexity index is 2480. The predicted molar refractivity (Wildman–Crippen MR) is 189 cm³/mol. The zero-order valence-corrected chi connectivity index (χ0v) is 25.0. The van der Waals surface area contributed by atoms with Crippen molar-refractivity contribution in [1.82, 2.24) is 15.0 Å². The van der Waals surface area contributed by atoms with Gasteiger partial charge in [-0.25, -0.2) is 15.0 Å². The van der Waals surface area contributed by atoms with Crippen LogP contribution in [0.2, 0.25) is 0 Å². The third kappa shape index (κ3) is 4.38. The Morgan fingerprint density at radius 2 is 1.07 bits per heavy atom. The number of fused-ring (bicyclic) bond motifs is 6. The quantitative estimate of drug-likeness (QED) is 0.191. The summed E-state index contributed by atoms with van der Waals surface area (Å²) in [6.07, 6.45) is 0. The first-order valence-electron chi connectivity index (χ1n) is 15.0. The molecule has 0 aliphatic carbocycles. The number of rotatable bonds is 4. The summed E-state index contributed by atoms with van der Waals surface area (Å²) in [5, 5.41) is 4.77. The van der Waals surface area contributed by atoms with Gasteiger partial charge < -0.3 is 0 Å². The van der Waals surface area contributed by atoms with Crippen LogP contribution in [0.4, 0.5) is 0 Å². The van der Waals surface area contributed by atoms with Crippen LogP contribution >= 0.6 is 11.3 Å². The van der Waals surface area contributed by atoms with Crippen molar-refractivity contribution in [2.45, 2.75) is 0 Å². The maximum Gasteiger partial charge on any atom is 0.160 e. The lowest BCUT2D eigenvalue weighted by Gasteiger charge is -2.13. The van der Waals surface area contributed by atoms with Gasteiger partial charge in [0.25, 0.3) is 0 Å². The molecule has 9 rings (SSSR count). The number of nitrogens with zero attached hydrogens (tertiary/aromatic N) is 3. The number of hydrogen-bond donors (Lipinski definition) is 0. The van der Waals surface area contributed by atoms with E-state index in [1.165, 1.54) is 36.5 Å². The van der Waals surface area contributed by atoms with Gasteiger partial charge in [0, 0.05) is 37.7 Å². The molecule has 3 heterocycles. The molecule has 0 saturated carbocycles. The Kier molecular flexibility index (Phi) is 6.00. The lowest BCUT2D eigenvalue weighted by molar-refractivity contribution is 1.18. The van der Waals surface area contributed by atoms with Gasteiger partial charge in [-0.2, -0.15) is 0 Å². The molecule has 0 bridgehead atoms. The van der Waals surface area contributed by atoms with E-state index in [1.807, 2.05) is 23.5 Å². The molecule has 0 fully saturated rings.